The second kappa shape index (κ2) is 3.92. The maximum Gasteiger partial charge on any atom is 0.284 e. The van der Waals surface area contributed by atoms with Gasteiger partial charge in [-0.15, -0.1) is 0 Å². The summed E-state index contributed by atoms with van der Waals surface area (Å²) >= 11 is 7.31. The zero-order valence-electron chi connectivity index (χ0n) is 5.47. The van der Waals surface area contributed by atoms with E-state index in [-0.39, 0.29) is 3.91 Å². The number of rotatable bonds is 1. The number of benzene rings is 1. The summed E-state index contributed by atoms with van der Waals surface area (Å²) in [5.41, 5.74) is 0.758. The SMILES string of the molecule is O=C(I)Nc1ccc(Cl)cc1. The monoisotopic (exact) mass is 281 g/mol. The zero-order chi connectivity index (χ0) is 8.27. The molecule has 1 rings (SSSR count). The second-order valence-corrected chi connectivity index (χ2v) is 3.32. The van der Waals surface area contributed by atoms with Crippen molar-refractivity contribution in [2.24, 2.45) is 0 Å². The summed E-state index contributed by atoms with van der Waals surface area (Å²) in [6, 6.07) is 6.95. The highest BCUT2D eigenvalue weighted by Gasteiger charge is 1.94. The van der Waals surface area contributed by atoms with Gasteiger partial charge >= 0.3 is 0 Å². The van der Waals surface area contributed by atoms with Crippen LogP contribution in [0.5, 0.6) is 0 Å². The minimum Gasteiger partial charge on any atom is -0.317 e. The Morgan fingerprint density at radius 3 is 2.36 bits per heavy atom. The molecule has 0 aliphatic rings. The fourth-order valence-electron chi connectivity index (χ4n) is 0.647. The predicted octanol–water partition coefficient (Wildman–Crippen LogP) is 3.31. The highest BCUT2D eigenvalue weighted by atomic mass is 127. The minimum atomic E-state index is -0.107. The average Bonchev–Trinajstić information content (AvgIpc) is 1.93. The normalized spacial score (nSPS) is 9.27. The van der Waals surface area contributed by atoms with E-state index in [1.165, 1.54) is 0 Å². The van der Waals surface area contributed by atoms with Crippen molar-refractivity contribution in [1.29, 1.82) is 0 Å². The molecule has 0 unspecified atom stereocenters. The molecule has 1 N–H and O–H groups in total. The van der Waals surface area contributed by atoms with Crippen molar-refractivity contribution >= 4 is 43.8 Å². The molecule has 2 nitrogen and oxygen atoms in total. The number of hydrogen-bond acceptors (Lipinski definition) is 1. The van der Waals surface area contributed by atoms with Gasteiger partial charge < -0.3 is 5.32 Å². The molecule has 0 aromatic heterocycles. The van der Waals surface area contributed by atoms with Crippen LogP contribution in [0, 0.1) is 0 Å². The number of anilines is 1. The van der Waals surface area contributed by atoms with Crippen LogP contribution in [0.3, 0.4) is 0 Å². The van der Waals surface area contributed by atoms with E-state index >= 15 is 0 Å². The van der Waals surface area contributed by atoms with Gasteiger partial charge in [-0.1, -0.05) is 11.6 Å². The Morgan fingerprint density at radius 1 is 1.36 bits per heavy atom. The van der Waals surface area contributed by atoms with Crippen molar-refractivity contribution in [3.63, 3.8) is 0 Å². The fourth-order valence-corrected chi connectivity index (χ4v) is 1.08. The fraction of sp³-hybridized carbons (Fsp3) is 0. The Balaban J connectivity index is 2.74. The summed E-state index contributed by atoms with van der Waals surface area (Å²) in [6.45, 7) is 0. The lowest BCUT2D eigenvalue weighted by Crippen LogP contribution is -1.99. The van der Waals surface area contributed by atoms with E-state index in [1.807, 2.05) is 0 Å². The molecule has 1 aromatic rings. The van der Waals surface area contributed by atoms with Crippen LogP contribution in [0.2, 0.25) is 5.02 Å². The van der Waals surface area contributed by atoms with E-state index in [4.69, 9.17) is 11.6 Å². The zero-order valence-corrected chi connectivity index (χ0v) is 8.39. The van der Waals surface area contributed by atoms with E-state index in [2.05, 4.69) is 5.32 Å². The van der Waals surface area contributed by atoms with Crippen LogP contribution in [-0.2, 0) is 0 Å². The van der Waals surface area contributed by atoms with E-state index in [0.29, 0.717) is 5.02 Å². The van der Waals surface area contributed by atoms with Gasteiger partial charge in [-0.3, -0.25) is 4.79 Å². The maximum atomic E-state index is 10.5. The molecule has 0 saturated heterocycles. The summed E-state index contributed by atoms with van der Waals surface area (Å²) < 4.78 is -0.107. The third-order valence-electron chi connectivity index (χ3n) is 1.09. The van der Waals surface area contributed by atoms with Gasteiger partial charge in [0.2, 0.25) is 0 Å². The molecule has 4 heteroatoms. The molecule has 1 aromatic carbocycles. The average molecular weight is 281 g/mol. The lowest BCUT2D eigenvalue weighted by atomic mass is 10.3. The molecule has 0 bridgehead atoms. The van der Waals surface area contributed by atoms with Crippen molar-refractivity contribution in [3.8, 4) is 0 Å². The number of hydrogen-bond donors (Lipinski definition) is 1. The van der Waals surface area contributed by atoms with Crippen LogP contribution < -0.4 is 5.32 Å². The summed E-state index contributed by atoms with van der Waals surface area (Å²) in [4.78, 5) is 10.5. The number of halogens is 2. The third kappa shape index (κ3) is 3.07. The Labute approximate surface area is 83.1 Å². The van der Waals surface area contributed by atoms with E-state index < -0.39 is 0 Å². The molecule has 11 heavy (non-hydrogen) atoms. The van der Waals surface area contributed by atoms with Gasteiger partial charge in [0.1, 0.15) is 0 Å². The molecule has 58 valence electrons. The topological polar surface area (TPSA) is 29.1 Å². The van der Waals surface area contributed by atoms with Gasteiger partial charge in [-0.2, -0.15) is 0 Å². The standard InChI is InChI=1S/C7H5ClINO/c8-5-1-3-6(4-2-5)10-7(9)11/h1-4H,(H,10,11). The van der Waals surface area contributed by atoms with Gasteiger partial charge in [0.15, 0.2) is 0 Å². The summed E-state index contributed by atoms with van der Waals surface area (Å²) in [5.74, 6) is 0. The highest BCUT2D eigenvalue weighted by molar-refractivity contribution is 14.1. The number of carbonyl (C=O) groups excluding carboxylic acids is 1. The Morgan fingerprint density at radius 2 is 1.91 bits per heavy atom. The van der Waals surface area contributed by atoms with Crippen LogP contribution in [-0.4, -0.2) is 3.91 Å². The van der Waals surface area contributed by atoms with E-state index in [9.17, 15) is 4.79 Å². The molecule has 1 amide bonds. The first-order chi connectivity index (χ1) is 5.18. The lowest BCUT2D eigenvalue weighted by molar-refractivity contribution is 0.272. The Bertz CT molecular complexity index is 260. The molecular weight excluding hydrogens is 276 g/mol. The van der Waals surface area contributed by atoms with Crippen molar-refractivity contribution in [3.05, 3.63) is 29.3 Å². The third-order valence-corrected chi connectivity index (χ3v) is 1.61. The van der Waals surface area contributed by atoms with Crippen LogP contribution in [0.4, 0.5) is 10.5 Å². The van der Waals surface area contributed by atoms with Crippen molar-refractivity contribution < 1.29 is 4.79 Å². The number of carbonyl (C=O) groups is 1. The van der Waals surface area contributed by atoms with Gasteiger partial charge in [-0.25, -0.2) is 0 Å². The lowest BCUT2D eigenvalue weighted by Gasteiger charge is -1.98. The molecule has 0 heterocycles. The molecule has 0 radical (unpaired) electrons. The first kappa shape index (κ1) is 8.80. The molecular formula is C7H5ClINO. The Hall–Kier alpha value is -0.290. The van der Waals surface area contributed by atoms with Crippen LogP contribution in [0.15, 0.2) is 24.3 Å². The van der Waals surface area contributed by atoms with Crippen molar-refractivity contribution in [2.45, 2.75) is 0 Å². The van der Waals surface area contributed by atoms with Crippen molar-refractivity contribution in [2.75, 3.05) is 5.32 Å². The first-order valence-corrected chi connectivity index (χ1v) is 4.36. The predicted molar refractivity (Wildman–Crippen MR) is 54.5 cm³/mol. The first-order valence-electron chi connectivity index (χ1n) is 2.90. The largest absolute Gasteiger partial charge is 0.317 e. The summed E-state index contributed by atoms with van der Waals surface area (Å²) in [7, 11) is 0. The molecule has 0 fully saturated rings. The quantitative estimate of drug-likeness (QED) is 0.477. The highest BCUT2D eigenvalue weighted by Crippen LogP contribution is 2.13. The van der Waals surface area contributed by atoms with Crippen LogP contribution >= 0.6 is 34.2 Å². The van der Waals surface area contributed by atoms with Crippen LogP contribution in [0.1, 0.15) is 0 Å². The van der Waals surface area contributed by atoms with E-state index in [1.54, 1.807) is 46.9 Å². The summed E-state index contributed by atoms with van der Waals surface area (Å²) in [5, 5.41) is 3.28. The molecule has 0 spiro atoms. The van der Waals surface area contributed by atoms with Gasteiger partial charge in [0.25, 0.3) is 3.91 Å². The maximum absolute atomic E-state index is 10.5. The minimum absolute atomic E-state index is 0.107. The molecule has 0 aliphatic heterocycles. The molecule has 0 atom stereocenters. The van der Waals surface area contributed by atoms with Gasteiger partial charge in [-0.05, 0) is 24.3 Å². The van der Waals surface area contributed by atoms with E-state index in [0.717, 1.165) is 5.69 Å². The summed E-state index contributed by atoms with van der Waals surface area (Å²) in [6.07, 6.45) is 0. The van der Waals surface area contributed by atoms with Crippen LogP contribution in [0.25, 0.3) is 0 Å². The van der Waals surface area contributed by atoms with Gasteiger partial charge in [0, 0.05) is 33.3 Å². The second-order valence-electron chi connectivity index (χ2n) is 1.91. The van der Waals surface area contributed by atoms with Gasteiger partial charge in [0.05, 0.1) is 0 Å². The number of amides is 1. The number of nitrogens with one attached hydrogen (secondary N) is 1. The molecule has 0 saturated carbocycles. The Kier molecular flexibility index (Phi) is 3.14. The smallest absolute Gasteiger partial charge is 0.284 e. The van der Waals surface area contributed by atoms with Crippen molar-refractivity contribution in [1.82, 2.24) is 0 Å². The molecule has 0 aliphatic carbocycles.